The molecular formula is C11H8FN3O2. The Kier molecular flexibility index (Phi) is 3.95. The highest BCUT2D eigenvalue weighted by Crippen LogP contribution is 2.11. The second-order valence-corrected chi connectivity index (χ2v) is 3.01. The number of nitriles is 1. The van der Waals surface area contributed by atoms with Crippen molar-refractivity contribution >= 4 is 18.0 Å². The number of amides is 3. The molecule has 0 saturated carbocycles. The summed E-state index contributed by atoms with van der Waals surface area (Å²) >= 11 is 0. The molecule has 0 radical (unpaired) electrons. The molecule has 0 fully saturated rings. The van der Waals surface area contributed by atoms with Crippen LogP contribution in [0.15, 0.2) is 29.8 Å². The van der Waals surface area contributed by atoms with Crippen LogP contribution in [0, 0.1) is 17.1 Å². The van der Waals surface area contributed by atoms with E-state index in [0.717, 1.165) is 6.08 Å². The quantitative estimate of drug-likeness (QED) is 0.587. The number of carbonyl (C=O) groups is 2. The summed E-state index contributed by atoms with van der Waals surface area (Å²) in [4.78, 5) is 21.7. The predicted molar refractivity (Wildman–Crippen MR) is 57.7 cm³/mol. The summed E-state index contributed by atoms with van der Waals surface area (Å²) in [6.45, 7) is 0. The maximum Gasteiger partial charge on any atom is 0.319 e. The average Bonchev–Trinajstić information content (AvgIpc) is 2.27. The summed E-state index contributed by atoms with van der Waals surface area (Å²) in [7, 11) is 0. The first-order chi connectivity index (χ1) is 8.04. The smallest absolute Gasteiger partial charge is 0.319 e. The predicted octanol–water partition coefficient (Wildman–Crippen LogP) is 0.928. The molecule has 3 N–H and O–H groups in total. The second-order valence-electron chi connectivity index (χ2n) is 3.01. The molecule has 0 aliphatic heterocycles. The van der Waals surface area contributed by atoms with Gasteiger partial charge in [-0.1, -0.05) is 18.2 Å². The molecule has 0 spiro atoms. The van der Waals surface area contributed by atoms with Crippen molar-refractivity contribution in [2.75, 3.05) is 0 Å². The van der Waals surface area contributed by atoms with E-state index in [-0.39, 0.29) is 5.56 Å². The van der Waals surface area contributed by atoms with E-state index >= 15 is 0 Å². The van der Waals surface area contributed by atoms with Crippen LogP contribution >= 0.6 is 0 Å². The maximum atomic E-state index is 13.2. The third kappa shape index (κ3) is 3.43. The zero-order chi connectivity index (χ0) is 12.8. The van der Waals surface area contributed by atoms with Crippen molar-refractivity contribution in [2.45, 2.75) is 0 Å². The highest BCUT2D eigenvalue weighted by molar-refractivity contribution is 6.08. The van der Waals surface area contributed by atoms with Crippen molar-refractivity contribution in [2.24, 2.45) is 5.73 Å². The first-order valence-corrected chi connectivity index (χ1v) is 4.51. The van der Waals surface area contributed by atoms with Gasteiger partial charge in [-0.3, -0.25) is 10.1 Å². The topological polar surface area (TPSA) is 96.0 Å². The molecule has 1 rings (SSSR count). The van der Waals surface area contributed by atoms with Crippen LogP contribution < -0.4 is 11.1 Å². The van der Waals surface area contributed by atoms with Gasteiger partial charge in [0, 0.05) is 5.56 Å². The first-order valence-electron chi connectivity index (χ1n) is 4.51. The summed E-state index contributed by atoms with van der Waals surface area (Å²) in [5.41, 5.74) is 4.39. The lowest BCUT2D eigenvalue weighted by Gasteiger charge is -1.99. The number of primary amides is 1. The molecule has 17 heavy (non-hydrogen) atoms. The number of nitrogens with zero attached hydrogens (tertiary/aromatic N) is 1. The highest BCUT2D eigenvalue weighted by Gasteiger charge is 2.11. The minimum absolute atomic E-state index is 0.0728. The Morgan fingerprint density at radius 3 is 2.59 bits per heavy atom. The van der Waals surface area contributed by atoms with Crippen molar-refractivity contribution < 1.29 is 14.0 Å². The molecular weight excluding hydrogens is 225 g/mol. The lowest BCUT2D eigenvalue weighted by molar-refractivity contribution is -0.115. The number of hydrogen-bond acceptors (Lipinski definition) is 3. The number of benzene rings is 1. The van der Waals surface area contributed by atoms with Gasteiger partial charge in [0.05, 0.1) is 0 Å². The third-order valence-corrected chi connectivity index (χ3v) is 1.81. The molecule has 0 saturated heterocycles. The van der Waals surface area contributed by atoms with E-state index in [1.807, 2.05) is 0 Å². The number of carbonyl (C=O) groups excluding carboxylic acids is 2. The van der Waals surface area contributed by atoms with Crippen LogP contribution in [0.4, 0.5) is 9.18 Å². The molecule has 6 heteroatoms. The number of halogens is 1. The van der Waals surface area contributed by atoms with E-state index in [4.69, 9.17) is 11.0 Å². The number of urea groups is 1. The molecule has 1 aromatic rings. The zero-order valence-electron chi connectivity index (χ0n) is 8.61. The lowest BCUT2D eigenvalue weighted by atomic mass is 10.1. The number of rotatable bonds is 2. The molecule has 0 bridgehead atoms. The molecule has 0 aliphatic rings. The Morgan fingerprint density at radius 1 is 1.41 bits per heavy atom. The van der Waals surface area contributed by atoms with E-state index in [1.54, 1.807) is 17.5 Å². The standard InChI is InChI=1S/C11H8FN3O2/c12-9-4-2-1-3-7(9)5-8(6-13)10(16)15-11(14)17/h1-5H,(H3,14,15,16,17)/b8-5-. The summed E-state index contributed by atoms with van der Waals surface area (Å²) in [6, 6.07) is 6.08. The van der Waals surface area contributed by atoms with Crippen LogP contribution in [-0.4, -0.2) is 11.9 Å². The number of nitrogens with two attached hydrogens (primary N) is 1. The molecule has 0 atom stereocenters. The summed E-state index contributed by atoms with van der Waals surface area (Å²) in [5, 5.41) is 10.4. The van der Waals surface area contributed by atoms with Crippen molar-refractivity contribution in [3.63, 3.8) is 0 Å². The van der Waals surface area contributed by atoms with Crippen molar-refractivity contribution in [1.82, 2.24) is 5.32 Å². The van der Waals surface area contributed by atoms with Gasteiger partial charge in [0.15, 0.2) is 0 Å². The Labute approximate surface area is 96.3 Å². The minimum Gasteiger partial charge on any atom is -0.351 e. The lowest BCUT2D eigenvalue weighted by Crippen LogP contribution is -2.35. The van der Waals surface area contributed by atoms with E-state index < -0.39 is 23.3 Å². The molecule has 0 aliphatic carbocycles. The number of imide groups is 1. The molecule has 3 amide bonds. The van der Waals surface area contributed by atoms with Gasteiger partial charge < -0.3 is 5.73 Å². The fourth-order valence-corrected chi connectivity index (χ4v) is 1.08. The van der Waals surface area contributed by atoms with E-state index in [9.17, 15) is 14.0 Å². The van der Waals surface area contributed by atoms with Crippen LogP contribution in [-0.2, 0) is 4.79 Å². The second kappa shape index (κ2) is 5.42. The SMILES string of the molecule is N#C/C(=C/c1ccccc1F)C(=O)NC(N)=O. The maximum absolute atomic E-state index is 13.2. The Hall–Kier alpha value is -2.68. The van der Waals surface area contributed by atoms with Crippen LogP contribution in [0.1, 0.15) is 5.56 Å². The summed E-state index contributed by atoms with van der Waals surface area (Å²) < 4.78 is 13.2. The van der Waals surface area contributed by atoms with E-state index in [0.29, 0.717) is 0 Å². The molecule has 86 valence electrons. The highest BCUT2D eigenvalue weighted by atomic mass is 19.1. The van der Waals surface area contributed by atoms with Crippen LogP contribution in [0.25, 0.3) is 6.08 Å². The van der Waals surface area contributed by atoms with Gasteiger partial charge in [0.1, 0.15) is 17.5 Å². The zero-order valence-corrected chi connectivity index (χ0v) is 8.61. The molecule has 0 aromatic heterocycles. The normalized spacial score (nSPS) is 10.5. The van der Waals surface area contributed by atoms with Crippen LogP contribution in [0.3, 0.4) is 0 Å². The average molecular weight is 233 g/mol. The van der Waals surface area contributed by atoms with E-state index in [2.05, 4.69) is 0 Å². The fraction of sp³-hybridized carbons (Fsp3) is 0. The van der Waals surface area contributed by atoms with Crippen molar-refractivity contribution in [1.29, 1.82) is 5.26 Å². The number of hydrogen-bond donors (Lipinski definition) is 2. The molecule has 0 heterocycles. The Bertz CT molecular complexity index is 532. The molecule has 5 nitrogen and oxygen atoms in total. The fourth-order valence-electron chi connectivity index (χ4n) is 1.08. The number of nitrogens with one attached hydrogen (secondary N) is 1. The molecule has 0 unspecified atom stereocenters. The molecule has 1 aromatic carbocycles. The minimum atomic E-state index is -1.08. The largest absolute Gasteiger partial charge is 0.351 e. The van der Waals surface area contributed by atoms with Gasteiger partial charge in [0.25, 0.3) is 5.91 Å². The van der Waals surface area contributed by atoms with Gasteiger partial charge in [-0.2, -0.15) is 5.26 Å². The van der Waals surface area contributed by atoms with Gasteiger partial charge >= 0.3 is 6.03 Å². The van der Waals surface area contributed by atoms with E-state index in [1.165, 1.54) is 18.2 Å². The first kappa shape index (κ1) is 12.4. The Morgan fingerprint density at radius 2 is 2.06 bits per heavy atom. The van der Waals surface area contributed by atoms with Gasteiger partial charge in [0.2, 0.25) is 0 Å². The Balaban J connectivity index is 3.04. The van der Waals surface area contributed by atoms with Crippen LogP contribution in [0.2, 0.25) is 0 Å². The van der Waals surface area contributed by atoms with Gasteiger partial charge in [-0.05, 0) is 12.1 Å². The van der Waals surface area contributed by atoms with Gasteiger partial charge in [-0.25, -0.2) is 9.18 Å². The van der Waals surface area contributed by atoms with Crippen molar-refractivity contribution in [3.8, 4) is 6.07 Å². The third-order valence-electron chi connectivity index (χ3n) is 1.81. The summed E-state index contributed by atoms with van der Waals surface area (Å²) in [6.07, 6.45) is 1.04. The van der Waals surface area contributed by atoms with Crippen LogP contribution in [0.5, 0.6) is 0 Å². The summed E-state index contributed by atoms with van der Waals surface area (Å²) in [5.74, 6) is -1.55. The van der Waals surface area contributed by atoms with Crippen molar-refractivity contribution in [3.05, 3.63) is 41.2 Å². The van der Waals surface area contributed by atoms with Gasteiger partial charge in [-0.15, -0.1) is 0 Å². The monoisotopic (exact) mass is 233 g/mol.